The molecule has 2 N–H and O–H groups in total. The van der Waals surface area contributed by atoms with Gasteiger partial charge in [0.25, 0.3) is 0 Å². The largest absolute Gasteiger partial charge is 0.325 e. The molecule has 0 saturated heterocycles. The Labute approximate surface area is 142 Å². The fraction of sp³-hybridized carbons (Fsp3) is 0.176. The molecule has 2 rings (SSSR count). The van der Waals surface area contributed by atoms with Gasteiger partial charge in [-0.15, -0.1) is 0 Å². The van der Waals surface area contributed by atoms with Crippen molar-refractivity contribution in [2.75, 3.05) is 30.8 Å². The number of hydrogen-bond acceptors (Lipinski definition) is 3. The maximum absolute atomic E-state index is 13.5. The summed E-state index contributed by atoms with van der Waals surface area (Å²) in [6.45, 7) is -0.380. The number of hydrogen-bond donors (Lipinski definition) is 2. The van der Waals surface area contributed by atoms with E-state index in [1.807, 2.05) is 0 Å². The average Bonchev–Trinajstić information content (AvgIpc) is 2.53. The minimum absolute atomic E-state index is 0.134. The van der Waals surface area contributed by atoms with Gasteiger partial charge in [-0.05, 0) is 43.4 Å². The molecule has 2 aromatic carbocycles. The molecule has 2 aromatic rings. The number of carbonyl (C=O) groups excluding carboxylic acids is 2. The third-order valence-corrected chi connectivity index (χ3v) is 3.18. The summed E-state index contributed by atoms with van der Waals surface area (Å²) in [5.41, 5.74) is -0.116. The third kappa shape index (κ3) is 5.61. The Hall–Kier alpha value is -2.87. The first-order chi connectivity index (χ1) is 11.8. The first-order valence-electron chi connectivity index (χ1n) is 7.33. The molecule has 2 amide bonds. The number of benzene rings is 2. The highest BCUT2D eigenvalue weighted by Crippen LogP contribution is 2.17. The predicted octanol–water partition coefficient (Wildman–Crippen LogP) is 2.61. The number of anilines is 2. The third-order valence-electron chi connectivity index (χ3n) is 3.18. The molecule has 132 valence electrons. The van der Waals surface area contributed by atoms with Gasteiger partial charge in [0, 0.05) is 5.69 Å². The number of likely N-dealkylation sites (N-methyl/N-ethyl adjacent to an activating group) is 1. The summed E-state index contributed by atoms with van der Waals surface area (Å²) in [6, 6.07) is 8.45. The zero-order valence-electron chi connectivity index (χ0n) is 13.4. The van der Waals surface area contributed by atoms with Crippen LogP contribution in [0, 0.1) is 17.5 Å². The van der Waals surface area contributed by atoms with Crippen molar-refractivity contribution < 1.29 is 22.8 Å². The van der Waals surface area contributed by atoms with Gasteiger partial charge in [0.15, 0.2) is 0 Å². The van der Waals surface area contributed by atoms with Gasteiger partial charge >= 0.3 is 0 Å². The lowest BCUT2D eigenvalue weighted by molar-refractivity contribution is -0.119. The fourth-order valence-corrected chi connectivity index (χ4v) is 2.08. The van der Waals surface area contributed by atoms with Crippen LogP contribution in [0.4, 0.5) is 24.5 Å². The van der Waals surface area contributed by atoms with E-state index in [-0.39, 0.29) is 13.1 Å². The lowest BCUT2D eigenvalue weighted by Gasteiger charge is -2.16. The van der Waals surface area contributed by atoms with E-state index < -0.39 is 35.0 Å². The summed E-state index contributed by atoms with van der Waals surface area (Å²) < 4.78 is 39.7. The second-order valence-electron chi connectivity index (χ2n) is 5.37. The van der Waals surface area contributed by atoms with E-state index in [0.29, 0.717) is 5.69 Å². The van der Waals surface area contributed by atoms with Crippen LogP contribution >= 0.6 is 0 Å². The molecule has 0 unspecified atom stereocenters. The van der Waals surface area contributed by atoms with Crippen molar-refractivity contribution in [1.82, 2.24) is 4.90 Å². The molecule has 5 nitrogen and oxygen atoms in total. The van der Waals surface area contributed by atoms with Crippen molar-refractivity contribution in [2.24, 2.45) is 0 Å². The first kappa shape index (κ1) is 18.5. The molecule has 0 aliphatic carbocycles. The molecule has 0 bridgehead atoms. The van der Waals surface area contributed by atoms with Gasteiger partial charge < -0.3 is 10.6 Å². The minimum atomic E-state index is -0.884. The lowest BCUT2D eigenvalue weighted by atomic mass is 10.3. The Bertz CT molecular complexity index is 746. The first-order valence-corrected chi connectivity index (χ1v) is 7.33. The van der Waals surface area contributed by atoms with Crippen LogP contribution < -0.4 is 10.6 Å². The molecular weight excluding hydrogens is 335 g/mol. The highest BCUT2D eigenvalue weighted by atomic mass is 19.1. The van der Waals surface area contributed by atoms with Crippen LogP contribution in [-0.2, 0) is 9.59 Å². The highest BCUT2D eigenvalue weighted by molar-refractivity contribution is 5.94. The number of halogens is 3. The molecule has 0 aliphatic heterocycles. The topological polar surface area (TPSA) is 61.4 Å². The van der Waals surface area contributed by atoms with Gasteiger partial charge in [-0.25, -0.2) is 13.2 Å². The fourth-order valence-electron chi connectivity index (χ4n) is 2.08. The van der Waals surface area contributed by atoms with E-state index in [4.69, 9.17) is 0 Å². The normalized spacial score (nSPS) is 10.6. The van der Waals surface area contributed by atoms with Gasteiger partial charge in [-0.3, -0.25) is 14.5 Å². The maximum Gasteiger partial charge on any atom is 0.238 e. The second kappa shape index (κ2) is 8.29. The number of para-hydroxylation sites is 1. The van der Waals surface area contributed by atoms with E-state index in [2.05, 4.69) is 10.6 Å². The van der Waals surface area contributed by atoms with Crippen molar-refractivity contribution in [3.63, 3.8) is 0 Å². The van der Waals surface area contributed by atoms with Gasteiger partial charge in [-0.2, -0.15) is 0 Å². The Morgan fingerprint density at radius 3 is 1.96 bits per heavy atom. The zero-order valence-corrected chi connectivity index (χ0v) is 13.4. The van der Waals surface area contributed by atoms with Crippen LogP contribution in [0.25, 0.3) is 0 Å². The van der Waals surface area contributed by atoms with E-state index >= 15 is 0 Å². The quantitative estimate of drug-likeness (QED) is 0.841. The Morgan fingerprint density at radius 1 is 0.880 bits per heavy atom. The average molecular weight is 351 g/mol. The number of nitrogens with zero attached hydrogens (tertiary/aromatic N) is 1. The Kier molecular flexibility index (Phi) is 6.13. The predicted molar refractivity (Wildman–Crippen MR) is 87.5 cm³/mol. The van der Waals surface area contributed by atoms with Gasteiger partial charge in [0.2, 0.25) is 11.8 Å². The van der Waals surface area contributed by atoms with Crippen LogP contribution in [0.15, 0.2) is 42.5 Å². The molecule has 0 fully saturated rings. The second-order valence-corrected chi connectivity index (χ2v) is 5.37. The van der Waals surface area contributed by atoms with Crippen molar-refractivity contribution in [2.45, 2.75) is 0 Å². The molecule has 0 radical (unpaired) electrons. The summed E-state index contributed by atoms with van der Waals surface area (Å²) in [5.74, 6) is -3.28. The molecule has 0 saturated carbocycles. The monoisotopic (exact) mass is 351 g/mol. The molecule has 0 atom stereocenters. The summed E-state index contributed by atoms with van der Waals surface area (Å²) in [5, 5.41) is 4.68. The van der Waals surface area contributed by atoms with Crippen LogP contribution in [0.3, 0.4) is 0 Å². The van der Waals surface area contributed by atoms with Crippen molar-refractivity contribution >= 4 is 23.2 Å². The van der Waals surface area contributed by atoms with Crippen LogP contribution in [0.1, 0.15) is 0 Å². The lowest BCUT2D eigenvalue weighted by Crippen LogP contribution is -2.36. The highest BCUT2D eigenvalue weighted by Gasteiger charge is 2.15. The number of carbonyl (C=O) groups is 2. The van der Waals surface area contributed by atoms with Crippen LogP contribution in [0.5, 0.6) is 0 Å². The van der Waals surface area contributed by atoms with Crippen molar-refractivity contribution in [3.8, 4) is 0 Å². The summed E-state index contributed by atoms with van der Waals surface area (Å²) >= 11 is 0. The minimum Gasteiger partial charge on any atom is -0.325 e. The molecule has 0 spiro atoms. The van der Waals surface area contributed by atoms with E-state index in [1.54, 1.807) is 0 Å². The number of amides is 2. The van der Waals surface area contributed by atoms with Gasteiger partial charge in [0.05, 0.1) is 13.1 Å². The van der Waals surface area contributed by atoms with E-state index in [1.165, 1.54) is 42.3 Å². The van der Waals surface area contributed by atoms with Crippen molar-refractivity contribution in [1.29, 1.82) is 0 Å². The Morgan fingerprint density at radius 2 is 1.40 bits per heavy atom. The zero-order chi connectivity index (χ0) is 18.4. The smallest absolute Gasteiger partial charge is 0.238 e. The van der Waals surface area contributed by atoms with Crippen molar-refractivity contribution in [3.05, 3.63) is 59.9 Å². The van der Waals surface area contributed by atoms with Gasteiger partial charge in [0.1, 0.15) is 23.1 Å². The molecule has 0 aromatic heterocycles. The molecule has 25 heavy (non-hydrogen) atoms. The van der Waals surface area contributed by atoms with Crippen LogP contribution in [0.2, 0.25) is 0 Å². The summed E-state index contributed by atoms with van der Waals surface area (Å²) in [4.78, 5) is 25.1. The Balaban J connectivity index is 1.84. The number of rotatable bonds is 6. The van der Waals surface area contributed by atoms with Gasteiger partial charge in [-0.1, -0.05) is 6.07 Å². The number of nitrogens with one attached hydrogen (secondary N) is 2. The molecular formula is C17H16F3N3O2. The standard InChI is InChI=1S/C17H16F3N3O2/c1-23(9-15(24)21-12-7-5-11(18)6-8-12)10-16(25)22-17-13(19)3-2-4-14(17)20/h2-8H,9-10H2,1H3,(H,21,24)(H,22,25). The molecule has 0 heterocycles. The maximum atomic E-state index is 13.5. The van der Waals surface area contributed by atoms with E-state index in [9.17, 15) is 22.8 Å². The summed E-state index contributed by atoms with van der Waals surface area (Å²) in [6.07, 6.45) is 0. The summed E-state index contributed by atoms with van der Waals surface area (Å²) in [7, 11) is 1.50. The molecule has 8 heteroatoms. The molecule has 0 aliphatic rings. The SMILES string of the molecule is CN(CC(=O)Nc1ccc(F)cc1)CC(=O)Nc1c(F)cccc1F. The van der Waals surface area contributed by atoms with Crippen LogP contribution in [-0.4, -0.2) is 36.9 Å². The van der Waals surface area contributed by atoms with E-state index in [0.717, 1.165) is 12.1 Å².